The number of piperidine rings is 1. The Bertz CT molecular complexity index is 971. The topological polar surface area (TPSA) is 87.7 Å². The average molecular weight is 427 g/mol. The van der Waals surface area contributed by atoms with Crippen molar-refractivity contribution < 1.29 is 23.5 Å². The van der Waals surface area contributed by atoms with Crippen molar-refractivity contribution in [3.8, 4) is 5.75 Å². The van der Waals surface area contributed by atoms with Crippen LogP contribution in [0.25, 0.3) is 0 Å². The van der Waals surface area contributed by atoms with Gasteiger partial charge in [0.15, 0.2) is 0 Å². The van der Waals surface area contributed by atoms with Gasteiger partial charge in [-0.2, -0.15) is 0 Å². The van der Waals surface area contributed by atoms with Crippen molar-refractivity contribution in [2.24, 2.45) is 5.92 Å². The highest BCUT2D eigenvalue weighted by molar-refractivity contribution is 6.39. The lowest BCUT2D eigenvalue weighted by molar-refractivity contribution is -0.136. The fourth-order valence-corrected chi connectivity index (χ4v) is 3.56. The Balaban J connectivity index is 1.46. The highest BCUT2D eigenvalue weighted by atomic mass is 19.1. The molecule has 0 saturated carbocycles. The zero-order valence-corrected chi connectivity index (χ0v) is 17.6. The van der Waals surface area contributed by atoms with E-state index in [1.807, 2.05) is 13.0 Å². The van der Waals surface area contributed by atoms with Gasteiger partial charge in [0.1, 0.15) is 11.6 Å². The van der Waals surface area contributed by atoms with Gasteiger partial charge < -0.3 is 20.3 Å². The van der Waals surface area contributed by atoms with Gasteiger partial charge in [-0.15, -0.1) is 0 Å². The number of nitrogens with one attached hydrogen (secondary N) is 2. The number of hydrogen-bond acceptors (Lipinski definition) is 4. The molecule has 0 bridgehead atoms. The van der Waals surface area contributed by atoms with E-state index in [4.69, 9.17) is 4.74 Å². The maximum atomic E-state index is 13.8. The maximum Gasteiger partial charge on any atom is 0.313 e. The molecule has 31 heavy (non-hydrogen) atoms. The first-order valence-electron chi connectivity index (χ1n) is 10.2. The van der Waals surface area contributed by atoms with Gasteiger partial charge in [0.25, 0.3) is 5.91 Å². The van der Waals surface area contributed by atoms with Crippen LogP contribution in [0.3, 0.4) is 0 Å². The second-order valence-electron chi connectivity index (χ2n) is 7.58. The van der Waals surface area contributed by atoms with Crippen LogP contribution in [0.5, 0.6) is 5.75 Å². The summed E-state index contributed by atoms with van der Waals surface area (Å²) in [7, 11) is 1.49. The van der Waals surface area contributed by atoms with Crippen molar-refractivity contribution in [1.29, 1.82) is 0 Å². The summed E-state index contributed by atoms with van der Waals surface area (Å²) >= 11 is 0. The van der Waals surface area contributed by atoms with E-state index in [1.165, 1.54) is 19.2 Å². The zero-order valence-electron chi connectivity index (χ0n) is 17.6. The molecular formula is C23H26FN3O4. The molecule has 1 aliphatic heterocycles. The van der Waals surface area contributed by atoms with Crippen LogP contribution >= 0.6 is 0 Å². The van der Waals surface area contributed by atoms with Crippen LogP contribution in [0.1, 0.15) is 28.8 Å². The highest BCUT2D eigenvalue weighted by Crippen LogP contribution is 2.25. The monoisotopic (exact) mass is 427 g/mol. The predicted molar refractivity (Wildman–Crippen MR) is 114 cm³/mol. The van der Waals surface area contributed by atoms with E-state index in [9.17, 15) is 18.8 Å². The van der Waals surface area contributed by atoms with E-state index in [-0.39, 0.29) is 17.4 Å². The number of carbonyl (C=O) groups is 3. The van der Waals surface area contributed by atoms with Crippen LogP contribution in [-0.2, 0) is 9.59 Å². The number of aryl methyl sites for hydroxylation is 1. The van der Waals surface area contributed by atoms with Crippen LogP contribution < -0.4 is 15.4 Å². The lowest BCUT2D eigenvalue weighted by atomic mass is 9.96. The fourth-order valence-electron chi connectivity index (χ4n) is 3.56. The Morgan fingerprint density at radius 2 is 1.81 bits per heavy atom. The number of carbonyl (C=O) groups excluding carboxylic acids is 3. The van der Waals surface area contributed by atoms with E-state index in [2.05, 4.69) is 10.6 Å². The molecule has 1 fully saturated rings. The normalized spacial score (nSPS) is 14.1. The number of anilines is 1. The smallest absolute Gasteiger partial charge is 0.313 e. The minimum Gasteiger partial charge on any atom is -0.495 e. The van der Waals surface area contributed by atoms with E-state index in [0.717, 1.165) is 5.56 Å². The summed E-state index contributed by atoms with van der Waals surface area (Å²) in [5.41, 5.74) is 1.42. The first-order valence-corrected chi connectivity index (χ1v) is 10.2. The number of methoxy groups -OCH3 is 1. The number of halogens is 1. The summed E-state index contributed by atoms with van der Waals surface area (Å²) in [6, 6.07) is 11.2. The molecule has 2 N–H and O–H groups in total. The number of hydrogen-bond donors (Lipinski definition) is 2. The highest BCUT2D eigenvalue weighted by Gasteiger charge is 2.26. The van der Waals surface area contributed by atoms with Crippen molar-refractivity contribution in [2.45, 2.75) is 19.8 Å². The molecule has 164 valence electrons. The Morgan fingerprint density at radius 3 is 2.48 bits per heavy atom. The number of amides is 3. The quantitative estimate of drug-likeness (QED) is 0.719. The summed E-state index contributed by atoms with van der Waals surface area (Å²) in [6.07, 6.45) is 1.32. The van der Waals surface area contributed by atoms with Gasteiger partial charge in [-0.25, -0.2) is 4.39 Å². The van der Waals surface area contributed by atoms with E-state index in [0.29, 0.717) is 43.9 Å². The van der Waals surface area contributed by atoms with Crippen molar-refractivity contribution in [3.63, 3.8) is 0 Å². The van der Waals surface area contributed by atoms with E-state index >= 15 is 0 Å². The molecule has 7 nitrogen and oxygen atoms in total. The number of ether oxygens (including phenoxy) is 1. The van der Waals surface area contributed by atoms with Crippen LogP contribution in [0.2, 0.25) is 0 Å². The third-order valence-electron chi connectivity index (χ3n) is 5.37. The number of benzene rings is 2. The average Bonchev–Trinajstić information content (AvgIpc) is 2.78. The van der Waals surface area contributed by atoms with Crippen LogP contribution in [0, 0.1) is 18.7 Å². The van der Waals surface area contributed by atoms with Gasteiger partial charge >= 0.3 is 11.8 Å². The first-order chi connectivity index (χ1) is 14.9. The molecule has 0 aromatic heterocycles. The van der Waals surface area contributed by atoms with Gasteiger partial charge in [-0.1, -0.05) is 18.2 Å². The molecular weight excluding hydrogens is 401 g/mol. The molecule has 8 heteroatoms. The van der Waals surface area contributed by atoms with Gasteiger partial charge in [0.05, 0.1) is 18.4 Å². The second-order valence-corrected chi connectivity index (χ2v) is 7.58. The van der Waals surface area contributed by atoms with Crippen molar-refractivity contribution in [1.82, 2.24) is 10.2 Å². The first kappa shape index (κ1) is 22.3. The zero-order chi connectivity index (χ0) is 22.4. The Hall–Kier alpha value is -3.42. The minimum absolute atomic E-state index is 0.0671. The molecule has 1 aliphatic rings. The number of likely N-dealkylation sites (tertiary alicyclic amines) is 1. The van der Waals surface area contributed by atoms with Crippen molar-refractivity contribution in [3.05, 3.63) is 59.4 Å². The largest absolute Gasteiger partial charge is 0.495 e. The molecule has 3 amide bonds. The van der Waals surface area contributed by atoms with E-state index in [1.54, 1.807) is 29.2 Å². The van der Waals surface area contributed by atoms with E-state index < -0.39 is 17.6 Å². The number of rotatable bonds is 5. The summed E-state index contributed by atoms with van der Waals surface area (Å²) in [4.78, 5) is 38.5. The van der Waals surface area contributed by atoms with Crippen LogP contribution in [0.4, 0.5) is 10.1 Å². The molecule has 0 unspecified atom stereocenters. The van der Waals surface area contributed by atoms with Gasteiger partial charge in [-0.3, -0.25) is 14.4 Å². The standard InChI is InChI=1S/C23H26FN3O4/c1-15-7-8-20(31-2)19(13-15)26-22(29)21(28)25-14-16-9-11-27(12-10-16)23(30)17-5-3-4-6-18(17)24/h3-8,13,16H,9-12,14H2,1-2H3,(H,25,28)(H,26,29). The van der Waals surface area contributed by atoms with Crippen LogP contribution in [0.15, 0.2) is 42.5 Å². The summed E-state index contributed by atoms with van der Waals surface area (Å²) in [6.45, 7) is 3.15. The third kappa shape index (κ3) is 5.59. The lowest BCUT2D eigenvalue weighted by Gasteiger charge is -2.32. The molecule has 0 aliphatic carbocycles. The minimum atomic E-state index is -0.768. The summed E-state index contributed by atoms with van der Waals surface area (Å²) in [5, 5.41) is 5.22. The Kier molecular flexibility index (Phi) is 7.23. The molecule has 3 rings (SSSR count). The third-order valence-corrected chi connectivity index (χ3v) is 5.37. The molecule has 0 radical (unpaired) electrons. The molecule has 2 aromatic rings. The van der Waals surface area contributed by atoms with Crippen molar-refractivity contribution in [2.75, 3.05) is 32.1 Å². The van der Waals surface area contributed by atoms with Gasteiger partial charge in [0.2, 0.25) is 0 Å². The SMILES string of the molecule is COc1ccc(C)cc1NC(=O)C(=O)NCC1CCN(C(=O)c2ccccc2F)CC1. The number of nitrogens with zero attached hydrogens (tertiary/aromatic N) is 1. The molecule has 0 atom stereocenters. The Labute approximate surface area is 180 Å². The molecule has 2 aromatic carbocycles. The Morgan fingerprint density at radius 1 is 1.10 bits per heavy atom. The molecule has 0 spiro atoms. The molecule has 1 saturated heterocycles. The van der Waals surface area contributed by atoms with Gasteiger partial charge in [0, 0.05) is 19.6 Å². The lowest BCUT2D eigenvalue weighted by Crippen LogP contribution is -2.43. The summed E-state index contributed by atoms with van der Waals surface area (Å²) in [5.74, 6) is -1.75. The van der Waals surface area contributed by atoms with Crippen molar-refractivity contribution >= 4 is 23.4 Å². The maximum absolute atomic E-state index is 13.8. The molecule has 1 heterocycles. The van der Waals surface area contributed by atoms with Crippen LogP contribution in [-0.4, -0.2) is 49.4 Å². The fraction of sp³-hybridized carbons (Fsp3) is 0.348. The predicted octanol–water partition coefficient (Wildman–Crippen LogP) is 2.75. The second kappa shape index (κ2) is 10.1. The summed E-state index contributed by atoms with van der Waals surface area (Å²) < 4.78 is 19.0. The van der Waals surface area contributed by atoms with Gasteiger partial charge in [-0.05, 0) is 55.5 Å².